The molecule has 3 aromatic rings. The summed E-state index contributed by atoms with van der Waals surface area (Å²) in [5.74, 6) is 1.31. The van der Waals surface area contributed by atoms with Gasteiger partial charge in [0.25, 0.3) is 0 Å². The van der Waals surface area contributed by atoms with Gasteiger partial charge in [0.05, 0.1) is 29.5 Å². The Labute approximate surface area is 238 Å². The molecule has 2 heterocycles. The average Bonchev–Trinajstić information content (AvgIpc) is 3.24. The summed E-state index contributed by atoms with van der Waals surface area (Å²) < 4.78 is 6.31. The summed E-state index contributed by atoms with van der Waals surface area (Å²) >= 11 is 16.9. The van der Waals surface area contributed by atoms with Crippen molar-refractivity contribution in [2.24, 2.45) is 5.92 Å². The number of halogens is 3. The lowest BCUT2D eigenvalue weighted by Gasteiger charge is -2.61. The van der Waals surface area contributed by atoms with E-state index in [9.17, 15) is 9.59 Å². The molecule has 1 aliphatic heterocycles. The Morgan fingerprint density at radius 1 is 1.11 bits per heavy atom. The van der Waals surface area contributed by atoms with Gasteiger partial charge in [-0.05, 0) is 68.0 Å². The molecule has 2 aromatic carbocycles. The molecule has 0 saturated heterocycles. The highest BCUT2D eigenvalue weighted by Crippen LogP contribution is 2.57. The van der Waals surface area contributed by atoms with E-state index in [0.717, 1.165) is 40.8 Å². The number of hydrogen-bond acceptors (Lipinski definition) is 6. The largest absolute Gasteiger partial charge is 0.486 e. The standard InChI is InChI=1S/C27H24BrCl2N5O3/c1-13(36)12-38-15-2-3-21(29)17(4-15)16-5-18(22(30)6-20(16)28)24-19-10-35(11-23(19)32-25(31)33-24)26(37)34-27-7-14(8-27)9-27/h2-6,14H,7-12H2,1H3,(H,34,37)(H2,31,32,33). The molecular weight excluding hydrogens is 593 g/mol. The lowest BCUT2D eigenvalue weighted by molar-refractivity contribution is -0.118. The summed E-state index contributed by atoms with van der Waals surface area (Å²) in [6, 6.07) is 8.77. The molecule has 3 aliphatic carbocycles. The molecule has 8 nitrogen and oxygen atoms in total. The fraction of sp³-hybridized carbons (Fsp3) is 0.333. The van der Waals surface area contributed by atoms with Crippen LogP contribution in [0.5, 0.6) is 5.75 Å². The number of amides is 2. The second-order valence-electron chi connectivity index (χ2n) is 10.3. The van der Waals surface area contributed by atoms with E-state index in [4.69, 9.17) is 33.7 Å². The molecule has 3 fully saturated rings. The van der Waals surface area contributed by atoms with Gasteiger partial charge >= 0.3 is 6.03 Å². The monoisotopic (exact) mass is 615 g/mol. The van der Waals surface area contributed by atoms with Crippen LogP contribution in [0.4, 0.5) is 10.7 Å². The Bertz CT molecular complexity index is 1500. The van der Waals surface area contributed by atoms with Gasteiger partial charge in [0.2, 0.25) is 5.95 Å². The summed E-state index contributed by atoms with van der Waals surface area (Å²) in [4.78, 5) is 35.1. The van der Waals surface area contributed by atoms with Crippen molar-refractivity contribution in [2.45, 2.75) is 44.8 Å². The minimum atomic E-state index is -0.0950. The van der Waals surface area contributed by atoms with E-state index in [0.29, 0.717) is 51.4 Å². The quantitative estimate of drug-likeness (QED) is 0.351. The Morgan fingerprint density at radius 2 is 1.87 bits per heavy atom. The third-order valence-electron chi connectivity index (χ3n) is 7.48. The Balaban J connectivity index is 1.35. The maximum absolute atomic E-state index is 13.1. The summed E-state index contributed by atoms with van der Waals surface area (Å²) in [7, 11) is 0. The van der Waals surface area contributed by atoms with Gasteiger partial charge in [-0.25, -0.2) is 14.8 Å². The Hall–Kier alpha value is -2.88. The number of fused-ring (bicyclic) bond motifs is 1. The first-order valence-electron chi connectivity index (χ1n) is 12.2. The molecule has 1 aromatic heterocycles. The van der Waals surface area contributed by atoms with Gasteiger partial charge in [-0.3, -0.25) is 4.79 Å². The number of rotatable bonds is 6. The normalized spacial score (nSPS) is 20.8. The average molecular weight is 617 g/mol. The number of carbonyl (C=O) groups is 2. The van der Waals surface area contributed by atoms with E-state index in [-0.39, 0.29) is 29.9 Å². The number of carbonyl (C=O) groups excluding carboxylic acids is 2. The number of nitrogens with two attached hydrogens (primary N) is 1. The van der Waals surface area contributed by atoms with Crippen molar-refractivity contribution in [1.29, 1.82) is 0 Å². The molecule has 0 spiro atoms. The molecule has 3 N–H and O–H groups in total. The highest BCUT2D eigenvalue weighted by molar-refractivity contribution is 9.10. The van der Waals surface area contributed by atoms with Crippen LogP contribution in [-0.2, 0) is 17.9 Å². The molecule has 2 amide bonds. The summed E-state index contributed by atoms with van der Waals surface area (Å²) in [6.07, 6.45) is 3.20. The van der Waals surface area contributed by atoms with E-state index < -0.39 is 0 Å². The molecule has 7 rings (SSSR count). The molecule has 0 radical (unpaired) electrons. The third kappa shape index (κ3) is 4.50. The second-order valence-corrected chi connectivity index (χ2v) is 12.0. The first kappa shape index (κ1) is 25.4. The van der Waals surface area contributed by atoms with Crippen molar-refractivity contribution in [2.75, 3.05) is 12.3 Å². The third-order valence-corrected chi connectivity index (χ3v) is 8.78. The minimum absolute atomic E-state index is 0.0179. The molecule has 0 atom stereocenters. The predicted octanol–water partition coefficient (Wildman–Crippen LogP) is 6.01. The number of benzene rings is 2. The fourth-order valence-corrected chi connectivity index (χ4v) is 6.66. The van der Waals surface area contributed by atoms with Gasteiger partial charge in [0.1, 0.15) is 12.4 Å². The molecule has 4 aliphatic rings. The Kier molecular flexibility index (Phi) is 6.28. The van der Waals surface area contributed by atoms with Crippen LogP contribution in [0.3, 0.4) is 0 Å². The van der Waals surface area contributed by atoms with Crippen LogP contribution in [0.25, 0.3) is 22.4 Å². The zero-order valence-corrected chi connectivity index (χ0v) is 23.6. The van der Waals surface area contributed by atoms with Gasteiger partial charge in [-0.1, -0.05) is 39.1 Å². The van der Waals surface area contributed by atoms with Crippen LogP contribution in [0.1, 0.15) is 37.4 Å². The number of ether oxygens (including phenoxy) is 1. The van der Waals surface area contributed by atoms with Gasteiger partial charge in [-0.2, -0.15) is 0 Å². The summed E-state index contributed by atoms with van der Waals surface area (Å²) in [5.41, 5.74) is 10.3. The number of nitrogens with zero attached hydrogens (tertiary/aromatic N) is 3. The van der Waals surface area contributed by atoms with E-state index >= 15 is 0 Å². The first-order valence-corrected chi connectivity index (χ1v) is 13.8. The highest BCUT2D eigenvalue weighted by Gasteiger charge is 2.57. The topological polar surface area (TPSA) is 110 Å². The zero-order valence-electron chi connectivity index (χ0n) is 20.5. The Morgan fingerprint density at radius 3 is 2.55 bits per heavy atom. The molecule has 3 saturated carbocycles. The number of nitrogen functional groups attached to an aromatic ring is 1. The molecule has 11 heteroatoms. The fourth-order valence-electron chi connectivity index (χ4n) is 5.50. The summed E-state index contributed by atoms with van der Waals surface area (Å²) in [5, 5.41) is 4.17. The number of ketones is 1. The maximum atomic E-state index is 13.1. The van der Waals surface area contributed by atoms with E-state index in [2.05, 4.69) is 31.2 Å². The van der Waals surface area contributed by atoms with Gasteiger partial charge in [0, 0.05) is 31.7 Å². The predicted molar refractivity (Wildman–Crippen MR) is 149 cm³/mol. The van der Waals surface area contributed by atoms with Gasteiger partial charge in [-0.15, -0.1) is 0 Å². The number of anilines is 1. The van der Waals surface area contributed by atoms with Crippen LogP contribution in [-0.4, -0.2) is 38.8 Å². The van der Waals surface area contributed by atoms with Crippen molar-refractivity contribution in [3.8, 4) is 28.1 Å². The van der Waals surface area contributed by atoms with Crippen molar-refractivity contribution < 1.29 is 14.3 Å². The van der Waals surface area contributed by atoms with Crippen LogP contribution < -0.4 is 15.8 Å². The maximum Gasteiger partial charge on any atom is 0.318 e. The number of urea groups is 1. The second kappa shape index (κ2) is 9.39. The lowest BCUT2D eigenvalue weighted by atomic mass is 9.50. The first-order chi connectivity index (χ1) is 18.1. The van der Waals surface area contributed by atoms with Gasteiger partial charge in [0.15, 0.2) is 5.78 Å². The molecule has 38 heavy (non-hydrogen) atoms. The van der Waals surface area contributed by atoms with Crippen LogP contribution >= 0.6 is 39.1 Å². The minimum Gasteiger partial charge on any atom is -0.486 e. The van der Waals surface area contributed by atoms with Crippen LogP contribution in [0.2, 0.25) is 10.0 Å². The van der Waals surface area contributed by atoms with E-state index in [1.54, 1.807) is 29.2 Å². The van der Waals surface area contributed by atoms with Crippen molar-refractivity contribution >= 4 is 56.9 Å². The number of hydrogen-bond donors (Lipinski definition) is 2. The van der Waals surface area contributed by atoms with E-state index in [1.807, 2.05) is 6.07 Å². The SMILES string of the molecule is CC(=O)COc1ccc(Cl)c(-c2cc(-c3nc(N)nc4c3CN(C(=O)NC35CC(C3)C5)C4)c(Cl)cc2Br)c1. The van der Waals surface area contributed by atoms with Crippen molar-refractivity contribution in [1.82, 2.24) is 20.2 Å². The van der Waals surface area contributed by atoms with Crippen molar-refractivity contribution in [3.63, 3.8) is 0 Å². The molecule has 0 unspecified atom stereocenters. The number of nitrogens with one attached hydrogen (secondary N) is 1. The molecule has 2 bridgehead atoms. The smallest absolute Gasteiger partial charge is 0.318 e. The van der Waals surface area contributed by atoms with E-state index in [1.165, 1.54) is 6.92 Å². The number of Topliss-reactive ketones (excluding diaryl/α,β-unsaturated/α-hetero) is 1. The van der Waals surface area contributed by atoms with Crippen LogP contribution in [0, 0.1) is 5.92 Å². The van der Waals surface area contributed by atoms with Gasteiger partial charge < -0.3 is 20.7 Å². The zero-order chi connectivity index (χ0) is 26.8. The van der Waals surface area contributed by atoms with Crippen molar-refractivity contribution in [3.05, 3.63) is 56.1 Å². The number of aromatic nitrogens is 2. The highest BCUT2D eigenvalue weighted by atomic mass is 79.9. The molecular formula is C27H24BrCl2N5O3. The lowest BCUT2D eigenvalue weighted by Crippen LogP contribution is -2.69. The van der Waals surface area contributed by atoms with Crippen LogP contribution in [0.15, 0.2) is 34.8 Å². The summed E-state index contributed by atoms with van der Waals surface area (Å²) in [6.45, 7) is 2.13. The molecule has 196 valence electrons.